The number of rotatable bonds is 8. The second-order valence-corrected chi connectivity index (χ2v) is 6.51. The summed E-state index contributed by atoms with van der Waals surface area (Å²) in [5.41, 5.74) is -1.40. The van der Waals surface area contributed by atoms with Crippen LogP contribution in [0.2, 0.25) is 0 Å². The van der Waals surface area contributed by atoms with Gasteiger partial charge in [0.1, 0.15) is 5.54 Å². The Hall–Kier alpha value is -1.15. The van der Waals surface area contributed by atoms with Gasteiger partial charge in [-0.25, -0.2) is 17.9 Å². The molecule has 0 aromatic carbocycles. The molecule has 0 radical (unpaired) electrons. The standard InChI is InChI=1S/C11H22N2O5S/c1-5-7-19(17,18)13-8(3)9(14)12-11(4,6-2)10(15)16/h8,13H,5-7H2,1-4H3,(H,12,14)(H,15,16). The van der Waals surface area contributed by atoms with Crippen LogP contribution >= 0.6 is 0 Å². The molecule has 0 saturated heterocycles. The molecule has 2 unspecified atom stereocenters. The molecule has 19 heavy (non-hydrogen) atoms. The van der Waals surface area contributed by atoms with E-state index >= 15 is 0 Å². The van der Waals surface area contributed by atoms with Crippen LogP contribution < -0.4 is 10.0 Å². The van der Waals surface area contributed by atoms with Crippen molar-refractivity contribution in [2.75, 3.05) is 5.75 Å². The largest absolute Gasteiger partial charge is 0.480 e. The highest BCUT2D eigenvalue weighted by Crippen LogP contribution is 2.09. The van der Waals surface area contributed by atoms with Crippen LogP contribution in [0.5, 0.6) is 0 Å². The van der Waals surface area contributed by atoms with Crippen LogP contribution in [0.3, 0.4) is 0 Å². The van der Waals surface area contributed by atoms with Gasteiger partial charge in [-0.1, -0.05) is 13.8 Å². The van der Waals surface area contributed by atoms with Gasteiger partial charge in [-0.2, -0.15) is 0 Å². The molecule has 8 heteroatoms. The number of aliphatic carboxylic acids is 1. The molecule has 0 spiro atoms. The molecule has 0 saturated carbocycles. The molecule has 0 rings (SSSR count). The number of carboxylic acid groups (broad SMARTS) is 1. The Bertz CT molecular complexity index is 434. The lowest BCUT2D eigenvalue weighted by Crippen LogP contribution is -2.57. The molecule has 0 aliphatic rings. The number of sulfonamides is 1. The number of hydrogen-bond donors (Lipinski definition) is 3. The van der Waals surface area contributed by atoms with Crippen molar-refractivity contribution in [2.24, 2.45) is 0 Å². The van der Waals surface area contributed by atoms with Gasteiger partial charge in [0.25, 0.3) is 0 Å². The van der Waals surface area contributed by atoms with Gasteiger partial charge in [-0.15, -0.1) is 0 Å². The first-order chi connectivity index (χ1) is 8.58. The molecule has 0 aromatic rings. The lowest BCUT2D eigenvalue weighted by molar-refractivity contribution is -0.147. The number of carboxylic acids is 1. The lowest BCUT2D eigenvalue weighted by Gasteiger charge is -2.26. The molecule has 0 aliphatic heterocycles. The predicted octanol–water partition coefficient (Wildman–Crippen LogP) is 0.0738. The second kappa shape index (κ2) is 6.85. The molecule has 0 bridgehead atoms. The van der Waals surface area contributed by atoms with Gasteiger partial charge in [0.05, 0.1) is 11.8 Å². The zero-order valence-electron chi connectivity index (χ0n) is 11.7. The summed E-state index contributed by atoms with van der Waals surface area (Å²) in [6.07, 6.45) is 0.633. The van der Waals surface area contributed by atoms with Gasteiger partial charge in [0.15, 0.2) is 0 Å². The first-order valence-corrected chi connectivity index (χ1v) is 7.78. The summed E-state index contributed by atoms with van der Waals surface area (Å²) in [6.45, 7) is 6.09. The second-order valence-electron chi connectivity index (χ2n) is 4.64. The van der Waals surface area contributed by atoms with Gasteiger partial charge >= 0.3 is 5.97 Å². The third-order valence-corrected chi connectivity index (χ3v) is 4.46. The summed E-state index contributed by atoms with van der Waals surface area (Å²) in [4.78, 5) is 22.8. The van der Waals surface area contributed by atoms with Crippen molar-refractivity contribution in [3.63, 3.8) is 0 Å². The van der Waals surface area contributed by atoms with Crippen molar-refractivity contribution in [1.29, 1.82) is 0 Å². The summed E-state index contributed by atoms with van der Waals surface area (Å²) in [5, 5.41) is 11.4. The molecule has 7 nitrogen and oxygen atoms in total. The number of hydrogen-bond acceptors (Lipinski definition) is 4. The maximum absolute atomic E-state index is 11.8. The van der Waals surface area contributed by atoms with E-state index in [0.29, 0.717) is 6.42 Å². The fraction of sp³-hybridized carbons (Fsp3) is 0.818. The highest BCUT2D eigenvalue weighted by molar-refractivity contribution is 7.89. The van der Waals surface area contributed by atoms with E-state index < -0.39 is 33.5 Å². The Labute approximate surface area is 113 Å². The summed E-state index contributed by atoms with van der Waals surface area (Å²) in [6, 6.07) is -1.01. The van der Waals surface area contributed by atoms with Gasteiger partial charge in [0, 0.05) is 0 Å². The fourth-order valence-corrected chi connectivity index (χ4v) is 2.62. The van der Waals surface area contributed by atoms with E-state index in [1.807, 2.05) is 0 Å². The minimum atomic E-state index is -3.52. The van der Waals surface area contributed by atoms with Gasteiger partial charge < -0.3 is 10.4 Å². The van der Waals surface area contributed by atoms with E-state index in [0.717, 1.165) is 0 Å². The summed E-state index contributed by atoms with van der Waals surface area (Å²) < 4.78 is 25.2. The zero-order chi connectivity index (χ0) is 15.3. The van der Waals surface area contributed by atoms with Crippen molar-refractivity contribution < 1.29 is 23.1 Å². The number of nitrogens with one attached hydrogen (secondary N) is 2. The Morgan fingerprint density at radius 3 is 2.21 bits per heavy atom. The van der Waals surface area contributed by atoms with E-state index in [-0.39, 0.29) is 12.2 Å². The Balaban J connectivity index is 4.72. The minimum Gasteiger partial charge on any atom is -0.480 e. The van der Waals surface area contributed by atoms with E-state index in [1.165, 1.54) is 13.8 Å². The molecular formula is C11H22N2O5S. The molecule has 0 heterocycles. The zero-order valence-corrected chi connectivity index (χ0v) is 12.5. The monoisotopic (exact) mass is 294 g/mol. The van der Waals surface area contributed by atoms with E-state index in [9.17, 15) is 18.0 Å². The highest BCUT2D eigenvalue weighted by Gasteiger charge is 2.34. The molecule has 0 aromatic heterocycles. The molecule has 2 atom stereocenters. The van der Waals surface area contributed by atoms with Gasteiger partial charge in [-0.3, -0.25) is 4.79 Å². The molecule has 112 valence electrons. The Kier molecular flexibility index (Phi) is 6.44. The average molecular weight is 294 g/mol. The fourth-order valence-electron chi connectivity index (χ4n) is 1.32. The van der Waals surface area contributed by atoms with Crippen LogP contribution in [-0.4, -0.2) is 42.7 Å². The third-order valence-electron chi connectivity index (χ3n) is 2.80. The quantitative estimate of drug-likeness (QED) is 0.586. The molecule has 0 fully saturated rings. The first-order valence-electron chi connectivity index (χ1n) is 6.13. The minimum absolute atomic E-state index is 0.0748. The van der Waals surface area contributed by atoms with Gasteiger partial charge in [0.2, 0.25) is 15.9 Å². The van der Waals surface area contributed by atoms with Crippen LogP contribution in [0.25, 0.3) is 0 Å². The first kappa shape index (κ1) is 17.8. The lowest BCUT2D eigenvalue weighted by atomic mass is 9.99. The maximum Gasteiger partial charge on any atom is 0.329 e. The number of carbonyl (C=O) groups excluding carboxylic acids is 1. The summed E-state index contributed by atoms with van der Waals surface area (Å²) >= 11 is 0. The normalized spacial score (nSPS) is 16.4. The molecule has 0 aliphatic carbocycles. The van der Waals surface area contributed by atoms with E-state index in [2.05, 4.69) is 10.0 Å². The van der Waals surface area contributed by atoms with Crippen LogP contribution in [0.1, 0.15) is 40.5 Å². The summed E-state index contributed by atoms with van der Waals surface area (Å²) in [5.74, 6) is -1.90. The van der Waals surface area contributed by atoms with Crippen LogP contribution in [0.4, 0.5) is 0 Å². The Morgan fingerprint density at radius 1 is 1.32 bits per heavy atom. The Morgan fingerprint density at radius 2 is 1.84 bits per heavy atom. The topological polar surface area (TPSA) is 113 Å². The average Bonchev–Trinajstić information content (AvgIpc) is 2.27. The third kappa shape index (κ3) is 5.56. The van der Waals surface area contributed by atoms with Crippen molar-refractivity contribution >= 4 is 21.9 Å². The van der Waals surface area contributed by atoms with Crippen LogP contribution in [0, 0.1) is 0 Å². The van der Waals surface area contributed by atoms with Crippen molar-refractivity contribution in [3.05, 3.63) is 0 Å². The van der Waals surface area contributed by atoms with E-state index in [4.69, 9.17) is 5.11 Å². The predicted molar refractivity (Wildman–Crippen MR) is 71.2 cm³/mol. The molecule has 1 amide bonds. The number of carbonyl (C=O) groups is 2. The highest BCUT2D eigenvalue weighted by atomic mass is 32.2. The summed E-state index contributed by atoms with van der Waals surface area (Å²) in [7, 11) is -3.52. The molecule has 3 N–H and O–H groups in total. The van der Waals surface area contributed by atoms with Crippen molar-refractivity contribution in [3.8, 4) is 0 Å². The van der Waals surface area contributed by atoms with Crippen LogP contribution in [-0.2, 0) is 19.6 Å². The smallest absolute Gasteiger partial charge is 0.329 e. The van der Waals surface area contributed by atoms with E-state index in [1.54, 1.807) is 13.8 Å². The maximum atomic E-state index is 11.8. The van der Waals surface area contributed by atoms with Crippen molar-refractivity contribution in [2.45, 2.75) is 52.1 Å². The SMILES string of the molecule is CCCS(=O)(=O)NC(C)C(=O)NC(C)(CC)C(=O)O. The van der Waals surface area contributed by atoms with Crippen molar-refractivity contribution in [1.82, 2.24) is 10.0 Å². The molecular weight excluding hydrogens is 272 g/mol. The van der Waals surface area contributed by atoms with Crippen LogP contribution in [0.15, 0.2) is 0 Å². The van der Waals surface area contributed by atoms with Gasteiger partial charge in [-0.05, 0) is 26.7 Å². The number of amides is 1.